The van der Waals surface area contributed by atoms with Gasteiger partial charge in [-0.25, -0.2) is 19.9 Å². The van der Waals surface area contributed by atoms with Crippen LogP contribution in [-0.4, -0.2) is 36.8 Å². The van der Waals surface area contributed by atoms with Gasteiger partial charge in [0.15, 0.2) is 0 Å². The maximum absolute atomic E-state index is 5.46. The molecular weight excluding hydrogens is 378 g/mol. The number of hydrogen-bond donors (Lipinski definition) is 1. The van der Waals surface area contributed by atoms with E-state index in [-0.39, 0.29) is 6.04 Å². The van der Waals surface area contributed by atoms with E-state index in [2.05, 4.69) is 34.1 Å². The molecule has 4 aromatic rings. The van der Waals surface area contributed by atoms with Crippen molar-refractivity contribution in [1.82, 2.24) is 29.7 Å². The highest BCUT2D eigenvalue weighted by atomic mass is 16.5. The zero-order chi connectivity index (χ0) is 21.3. The molecule has 0 aromatic carbocycles. The molecule has 1 N–H and O–H groups in total. The van der Waals surface area contributed by atoms with Gasteiger partial charge in [-0.05, 0) is 52.0 Å². The lowest BCUT2D eigenvalue weighted by Gasteiger charge is -2.14. The molecule has 0 unspecified atom stereocenters. The van der Waals surface area contributed by atoms with E-state index in [9.17, 15) is 0 Å². The summed E-state index contributed by atoms with van der Waals surface area (Å²) in [6, 6.07) is 7.92. The van der Waals surface area contributed by atoms with Crippen LogP contribution >= 0.6 is 0 Å². The van der Waals surface area contributed by atoms with E-state index in [1.807, 2.05) is 42.8 Å². The molecule has 30 heavy (non-hydrogen) atoms. The summed E-state index contributed by atoms with van der Waals surface area (Å²) in [5.74, 6) is 1.26. The van der Waals surface area contributed by atoms with Crippen LogP contribution in [0.15, 0.2) is 36.7 Å². The number of rotatable bonds is 6. The largest absolute Gasteiger partial charge is 0.481 e. The molecule has 0 aliphatic heterocycles. The predicted molar refractivity (Wildman–Crippen MR) is 117 cm³/mol. The summed E-state index contributed by atoms with van der Waals surface area (Å²) >= 11 is 0. The van der Waals surface area contributed by atoms with E-state index in [0.717, 1.165) is 45.2 Å². The number of hydrogen-bond acceptors (Lipinski definition) is 7. The van der Waals surface area contributed by atoms with E-state index in [1.54, 1.807) is 19.5 Å². The van der Waals surface area contributed by atoms with Crippen molar-refractivity contribution in [1.29, 1.82) is 0 Å². The quantitative estimate of drug-likeness (QED) is 0.518. The van der Waals surface area contributed by atoms with Gasteiger partial charge in [0.25, 0.3) is 0 Å². The fourth-order valence-electron chi connectivity index (χ4n) is 3.44. The van der Waals surface area contributed by atoms with Crippen LogP contribution in [0.5, 0.6) is 5.88 Å². The van der Waals surface area contributed by atoms with Crippen LogP contribution in [0.2, 0.25) is 0 Å². The van der Waals surface area contributed by atoms with Gasteiger partial charge in [-0.3, -0.25) is 4.68 Å². The van der Waals surface area contributed by atoms with Crippen LogP contribution < -0.4 is 10.1 Å². The molecule has 154 valence electrons. The molecule has 4 heterocycles. The Bertz CT molecular complexity index is 1200. The third kappa shape index (κ3) is 3.68. The third-order valence-electron chi connectivity index (χ3n) is 4.83. The van der Waals surface area contributed by atoms with Gasteiger partial charge in [-0.15, -0.1) is 0 Å². The van der Waals surface area contributed by atoms with Crippen molar-refractivity contribution >= 4 is 16.7 Å². The molecule has 0 amide bonds. The first kappa shape index (κ1) is 19.8. The first-order valence-corrected chi connectivity index (χ1v) is 9.89. The lowest BCUT2D eigenvalue weighted by molar-refractivity contribution is 0.399. The van der Waals surface area contributed by atoms with Gasteiger partial charge in [0.2, 0.25) is 5.88 Å². The molecule has 0 saturated carbocycles. The summed E-state index contributed by atoms with van der Waals surface area (Å²) in [4.78, 5) is 18.1. The maximum Gasteiger partial charge on any atom is 0.222 e. The van der Waals surface area contributed by atoms with Gasteiger partial charge < -0.3 is 10.1 Å². The van der Waals surface area contributed by atoms with Crippen molar-refractivity contribution in [3.05, 3.63) is 53.9 Å². The zero-order valence-corrected chi connectivity index (χ0v) is 17.8. The molecule has 0 radical (unpaired) electrons. The number of methoxy groups -OCH3 is 1. The fraction of sp³-hybridized carbons (Fsp3) is 0.318. The SMILES string of the molecule is COc1ncccc1-c1cc(NCc2nccc(C)n2)c2c(n1)c(C)nn2C(C)C. The van der Waals surface area contributed by atoms with Gasteiger partial charge in [0.05, 0.1) is 36.3 Å². The van der Waals surface area contributed by atoms with Crippen molar-refractivity contribution in [3.63, 3.8) is 0 Å². The first-order valence-electron chi connectivity index (χ1n) is 9.89. The number of anilines is 1. The number of pyridine rings is 2. The van der Waals surface area contributed by atoms with E-state index in [4.69, 9.17) is 14.8 Å². The molecule has 8 nitrogen and oxygen atoms in total. The zero-order valence-electron chi connectivity index (χ0n) is 17.8. The van der Waals surface area contributed by atoms with E-state index >= 15 is 0 Å². The number of ether oxygens (including phenoxy) is 1. The Kier molecular flexibility index (Phi) is 5.31. The fourth-order valence-corrected chi connectivity index (χ4v) is 3.44. The molecular formula is C22H25N7O. The highest BCUT2D eigenvalue weighted by Gasteiger charge is 2.19. The number of aryl methyl sites for hydroxylation is 2. The van der Waals surface area contributed by atoms with Gasteiger partial charge in [-0.2, -0.15) is 5.10 Å². The molecule has 0 spiro atoms. The monoisotopic (exact) mass is 403 g/mol. The lowest BCUT2D eigenvalue weighted by Crippen LogP contribution is -2.09. The standard InChI is InChI=1S/C22H25N7O/c1-13(2)29-21-18(25-12-19-23-10-8-14(3)26-19)11-17(27-20(21)15(4)28-29)16-7-6-9-24-22(16)30-5/h6-11,13H,12H2,1-5H3,(H,25,27). The third-order valence-corrected chi connectivity index (χ3v) is 4.83. The first-order chi connectivity index (χ1) is 14.5. The van der Waals surface area contributed by atoms with E-state index < -0.39 is 0 Å². The average Bonchev–Trinajstić information content (AvgIpc) is 3.09. The predicted octanol–water partition coefficient (Wildman–Crippen LogP) is 4.10. The maximum atomic E-state index is 5.46. The molecule has 0 bridgehead atoms. The average molecular weight is 403 g/mol. The van der Waals surface area contributed by atoms with Crippen LogP contribution in [0, 0.1) is 13.8 Å². The molecule has 0 atom stereocenters. The number of fused-ring (bicyclic) bond motifs is 1. The van der Waals surface area contributed by atoms with Gasteiger partial charge in [-0.1, -0.05) is 0 Å². The van der Waals surface area contributed by atoms with Crippen molar-refractivity contribution in [2.75, 3.05) is 12.4 Å². The lowest BCUT2D eigenvalue weighted by atomic mass is 10.1. The number of aromatic nitrogens is 6. The Morgan fingerprint density at radius 3 is 2.67 bits per heavy atom. The highest BCUT2D eigenvalue weighted by molar-refractivity contribution is 5.93. The topological polar surface area (TPSA) is 90.6 Å². The van der Waals surface area contributed by atoms with E-state index in [0.29, 0.717) is 12.4 Å². The van der Waals surface area contributed by atoms with Crippen molar-refractivity contribution in [3.8, 4) is 17.1 Å². The van der Waals surface area contributed by atoms with Crippen LogP contribution in [0.4, 0.5) is 5.69 Å². The molecule has 4 aromatic heterocycles. The van der Waals surface area contributed by atoms with Crippen molar-refractivity contribution in [2.45, 2.75) is 40.3 Å². The minimum absolute atomic E-state index is 0.192. The second-order valence-corrected chi connectivity index (χ2v) is 7.40. The van der Waals surface area contributed by atoms with E-state index in [1.165, 1.54) is 0 Å². The number of nitrogens with one attached hydrogen (secondary N) is 1. The van der Waals surface area contributed by atoms with Crippen LogP contribution in [0.25, 0.3) is 22.3 Å². The summed E-state index contributed by atoms with van der Waals surface area (Å²) < 4.78 is 7.46. The summed E-state index contributed by atoms with van der Waals surface area (Å²) in [5, 5.41) is 8.23. The molecule has 8 heteroatoms. The molecule has 0 aliphatic carbocycles. The van der Waals surface area contributed by atoms with Crippen LogP contribution in [0.1, 0.15) is 37.1 Å². The smallest absolute Gasteiger partial charge is 0.222 e. The Balaban J connectivity index is 1.86. The summed E-state index contributed by atoms with van der Waals surface area (Å²) in [7, 11) is 1.61. The molecule has 0 aliphatic rings. The van der Waals surface area contributed by atoms with Crippen molar-refractivity contribution in [2.24, 2.45) is 0 Å². The normalized spacial score (nSPS) is 11.3. The molecule has 4 rings (SSSR count). The summed E-state index contributed by atoms with van der Waals surface area (Å²) in [6.07, 6.45) is 3.48. The van der Waals surface area contributed by atoms with Gasteiger partial charge in [0.1, 0.15) is 16.9 Å². The Hall–Kier alpha value is -3.55. The minimum atomic E-state index is 0.192. The Morgan fingerprint density at radius 2 is 1.93 bits per heavy atom. The summed E-state index contributed by atoms with van der Waals surface area (Å²) in [6.45, 7) is 8.65. The highest BCUT2D eigenvalue weighted by Crippen LogP contribution is 2.34. The number of nitrogens with zero attached hydrogens (tertiary/aromatic N) is 6. The second-order valence-electron chi connectivity index (χ2n) is 7.40. The molecule has 0 saturated heterocycles. The Morgan fingerprint density at radius 1 is 1.10 bits per heavy atom. The van der Waals surface area contributed by atoms with Gasteiger partial charge in [0, 0.05) is 24.1 Å². The van der Waals surface area contributed by atoms with Crippen LogP contribution in [0.3, 0.4) is 0 Å². The second kappa shape index (κ2) is 8.06. The van der Waals surface area contributed by atoms with Gasteiger partial charge >= 0.3 is 0 Å². The molecule has 0 fully saturated rings. The summed E-state index contributed by atoms with van der Waals surface area (Å²) in [5.41, 5.74) is 6.13. The Labute approximate surface area is 175 Å². The minimum Gasteiger partial charge on any atom is -0.481 e. The van der Waals surface area contributed by atoms with Crippen molar-refractivity contribution < 1.29 is 4.74 Å². The van der Waals surface area contributed by atoms with Crippen LogP contribution in [-0.2, 0) is 6.54 Å².